The topological polar surface area (TPSA) is 51.8 Å². The summed E-state index contributed by atoms with van der Waals surface area (Å²) in [5.41, 5.74) is 6.58. The van der Waals surface area contributed by atoms with Gasteiger partial charge in [-0.15, -0.1) is 22.7 Å². The van der Waals surface area contributed by atoms with Crippen LogP contribution in [0.3, 0.4) is 0 Å². The summed E-state index contributed by atoms with van der Waals surface area (Å²) in [4.78, 5) is 9.88. The van der Waals surface area contributed by atoms with Crippen molar-refractivity contribution >= 4 is 27.8 Å². The lowest BCUT2D eigenvalue weighted by molar-refractivity contribution is 0.637. The molecule has 0 aliphatic heterocycles. The highest BCUT2D eigenvalue weighted by Gasteiger charge is 2.13. The molecule has 2 rings (SSSR count). The zero-order valence-electron chi connectivity index (χ0n) is 9.43. The summed E-state index contributed by atoms with van der Waals surface area (Å²) < 4.78 is 0. The maximum absolute atomic E-state index is 5.63. The summed E-state index contributed by atoms with van der Waals surface area (Å²) in [6.45, 7) is 4.41. The van der Waals surface area contributed by atoms with Crippen molar-refractivity contribution in [2.24, 2.45) is 0 Å². The molecule has 0 aromatic carbocycles. The Morgan fingerprint density at radius 3 is 2.69 bits per heavy atom. The van der Waals surface area contributed by atoms with E-state index in [0.29, 0.717) is 11.0 Å². The van der Waals surface area contributed by atoms with Crippen LogP contribution < -0.4 is 5.73 Å². The quantitative estimate of drug-likeness (QED) is 0.902. The van der Waals surface area contributed by atoms with Gasteiger partial charge in [0.1, 0.15) is 0 Å². The molecular formula is C11H15N3S2. The van der Waals surface area contributed by atoms with Crippen LogP contribution in [0, 0.1) is 0 Å². The molecule has 3 nitrogen and oxygen atoms in total. The normalized spacial score (nSPS) is 11.2. The highest BCUT2D eigenvalue weighted by Crippen LogP contribution is 2.33. The molecule has 0 amide bonds. The number of aromatic nitrogens is 2. The summed E-state index contributed by atoms with van der Waals surface area (Å²) in [5.74, 6) is 0.578. The van der Waals surface area contributed by atoms with E-state index in [4.69, 9.17) is 5.73 Å². The Hall–Kier alpha value is -0.940. The lowest BCUT2D eigenvalue weighted by atomic mass is 10.1. The standard InChI is InChI=1S/C11H15N3S2/c1-3-7(4-2)10-13-5-9(16-10)8-6-15-11(12)14-8/h5-7H,3-4H2,1-2H3,(H2,12,14). The number of hydrogen-bond acceptors (Lipinski definition) is 5. The summed E-state index contributed by atoms with van der Waals surface area (Å²) in [6, 6.07) is 0. The lowest BCUT2D eigenvalue weighted by Crippen LogP contribution is -1.92. The average Bonchev–Trinajstić information content (AvgIpc) is 2.89. The largest absolute Gasteiger partial charge is 0.375 e. The van der Waals surface area contributed by atoms with Gasteiger partial charge in [0.15, 0.2) is 5.13 Å². The van der Waals surface area contributed by atoms with E-state index in [1.807, 2.05) is 11.6 Å². The molecule has 0 radical (unpaired) electrons. The van der Waals surface area contributed by atoms with Gasteiger partial charge in [0.25, 0.3) is 0 Å². The van der Waals surface area contributed by atoms with Crippen molar-refractivity contribution in [1.82, 2.24) is 9.97 Å². The number of nitrogens with two attached hydrogens (primary N) is 1. The second-order valence-corrected chi connectivity index (χ2v) is 5.60. The SMILES string of the molecule is CCC(CC)c1ncc(-c2csc(N)n2)s1. The van der Waals surface area contributed by atoms with Crippen molar-refractivity contribution in [3.05, 3.63) is 16.6 Å². The van der Waals surface area contributed by atoms with Gasteiger partial charge in [0, 0.05) is 17.5 Å². The second-order valence-electron chi connectivity index (χ2n) is 3.65. The van der Waals surface area contributed by atoms with E-state index in [1.165, 1.54) is 16.3 Å². The maximum atomic E-state index is 5.63. The van der Waals surface area contributed by atoms with E-state index in [0.717, 1.165) is 23.4 Å². The third-order valence-electron chi connectivity index (χ3n) is 2.63. The predicted molar refractivity (Wildman–Crippen MR) is 71.0 cm³/mol. The first-order valence-electron chi connectivity index (χ1n) is 5.41. The van der Waals surface area contributed by atoms with Gasteiger partial charge in [0.05, 0.1) is 15.6 Å². The zero-order valence-corrected chi connectivity index (χ0v) is 11.1. The minimum atomic E-state index is 0.578. The molecule has 0 bridgehead atoms. The number of anilines is 1. The third-order valence-corrected chi connectivity index (χ3v) is 4.49. The summed E-state index contributed by atoms with van der Waals surface area (Å²) in [5, 5.41) is 3.82. The Kier molecular flexibility index (Phi) is 3.56. The summed E-state index contributed by atoms with van der Waals surface area (Å²) >= 11 is 3.21. The van der Waals surface area contributed by atoms with Crippen molar-refractivity contribution < 1.29 is 0 Å². The summed E-state index contributed by atoms with van der Waals surface area (Å²) in [6.07, 6.45) is 4.19. The number of nitrogens with zero attached hydrogens (tertiary/aromatic N) is 2. The molecule has 0 aliphatic carbocycles. The van der Waals surface area contributed by atoms with E-state index in [9.17, 15) is 0 Å². The van der Waals surface area contributed by atoms with Crippen molar-refractivity contribution in [3.8, 4) is 10.6 Å². The Morgan fingerprint density at radius 1 is 1.38 bits per heavy atom. The number of hydrogen-bond donors (Lipinski definition) is 1. The molecule has 0 fully saturated rings. The molecule has 5 heteroatoms. The first-order chi connectivity index (χ1) is 7.74. The predicted octanol–water partition coefficient (Wildman–Crippen LogP) is 3.75. The molecule has 0 saturated carbocycles. The van der Waals surface area contributed by atoms with E-state index in [2.05, 4.69) is 23.8 Å². The molecule has 86 valence electrons. The van der Waals surface area contributed by atoms with Crippen molar-refractivity contribution in [3.63, 3.8) is 0 Å². The minimum absolute atomic E-state index is 0.578. The van der Waals surface area contributed by atoms with Gasteiger partial charge in [0.2, 0.25) is 0 Å². The highest BCUT2D eigenvalue weighted by molar-refractivity contribution is 7.16. The maximum Gasteiger partial charge on any atom is 0.180 e. The fraction of sp³-hybridized carbons (Fsp3) is 0.455. The molecule has 0 aliphatic rings. The fourth-order valence-electron chi connectivity index (χ4n) is 1.63. The van der Waals surface area contributed by atoms with Crippen LogP contribution in [0.25, 0.3) is 10.6 Å². The first kappa shape index (κ1) is 11.5. The van der Waals surface area contributed by atoms with E-state index in [-0.39, 0.29) is 0 Å². The Labute approximate surface area is 103 Å². The van der Waals surface area contributed by atoms with Gasteiger partial charge in [-0.3, -0.25) is 0 Å². The van der Waals surface area contributed by atoms with Gasteiger partial charge in [-0.2, -0.15) is 0 Å². The Balaban J connectivity index is 2.25. The van der Waals surface area contributed by atoms with E-state index < -0.39 is 0 Å². The lowest BCUT2D eigenvalue weighted by Gasteiger charge is -2.06. The highest BCUT2D eigenvalue weighted by atomic mass is 32.1. The van der Waals surface area contributed by atoms with Crippen molar-refractivity contribution in [2.75, 3.05) is 5.73 Å². The van der Waals surface area contributed by atoms with Crippen LogP contribution in [0.1, 0.15) is 37.6 Å². The molecule has 2 aromatic heterocycles. The Bertz CT molecular complexity index is 457. The minimum Gasteiger partial charge on any atom is -0.375 e. The van der Waals surface area contributed by atoms with Crippen LogP contribution in [-0.2, 0) is 0 Å². The molecular weight excluding hydrogens is 238 g/mol. The molecule has 2 heterocycles. The van der Waals surface area contributed by atoms with Gasteiger partial charge < -0.3 is 5.73 Å². The van der Waals surface area contributed by atoms with Crippen LogP contribution in [0.4, 0.5) is 5.13 Å². The van der Waals surface area contributed by atoms with Crippen LogP contribution >= 0.6 is 22.7 Å². The molecule has 0 unspecified atom stereocenters. The van der Waals surface area contributed by atoms with Crippen LogP contribution in [0.5, 0.6) is 0 Å². The number of thiazole rings is 2. The van der Waals surface area contributed by atoms with Gasteiger partial charge in [-0.05, 0) is 12.8 Å². The molecule has 16 heavy (non-hydrogen) atoms. The molecule has 0 spiro atoms. The fourth-order valence-corrected chi connectivity index (χ4v) is 3.42. The van der Waals surface area contributed by atoms with E-state index in [1.54, 1.807) is 11.3 Å². The van der Waals surface area contributed by atoms with Gasteiger partial charge in [-0.1, -0.05) is 13.8 Å². The first-order valence-corrected chi connectivity index (χ1v) is 7.11. The molecule has 2 aromatic rings. The second kappa shape index (κ2) is 4.93. The van der Waals surface area contributed by atoms with Crippen LogP contribution in [-0.4, -0.2) is 9.97 Å². The van der Waals surface area contributed by atoms with Crippen LogP contribution in [0.15, 0.2) is 11.6 Å². The average molecular weight is 253 g/mol. The third kappa shape index (κ3) is 2.25. The summed E-state index contributed by atoms with van der Waals surface area (Å²) in [7, 11) is 0. The number of rotatable bonds is 4. The van der Waals surface area contributed by atoms with Crippen molar-refractivity contribution in [2.45, 2.75) is 32.6 Å². The van der Waals surface area contributed by atoms with Crippen molar-refractivity contribution in [1.29, 1.82) is 0 Å². The monoisotopic (exact) mass is 253 g/mol. The molecule has 2 N–H and O–H groups in total. The zero-order chi connectivity index (χ0) is 11.5. The molecule has 0 saturated heterocycles. The van der Waals surface area contributed by atoms with Gasteiger partial charge >= 0.3 is 0 Å². The molecule has 0 atom stereocenters. The number of nitrogen functional groups attached to an aromatic ring is 1. The van der Waals surface area contributed by atoms with Crippen LogP contribution in [0.2, 0.25) is 0 Å². The smallest absolute Gasteiger partial charge is 0.180 e. The van der Waals surface area contributed by atoms with Gasteiger partial charge in [-0.25, -0.2) is 9.97 Å². The Morgan fingerprint density at radius 2 is 2.12 bits per heavy atom. The van der Waals surface area contributed by atoms with E-state index >= 15 is 0 Å².